The van der Waals surface area contributed by atoms with Crippen molar-refractivity contribution in [2.24, 2.45) is 0 Å². The van der Waals surface area contributed by atoms with Gasteiger partial charge in [-0.05, 0) is 31.2 Å². The summed E-state index contributed by atoms with van der Waals surface area (Å²) in [5.74, 6) is -0.957. The third-order valence-corrected chi connectivity index (χ3v) is 1.81. The number of carbonyl (C=O) groups is 2. The number of hydrogen-bond acceptors (Lipinski definition) is 4. The van der Waals surface area contributed by atoms with Gasteiger partial charge in [0.1, 0.15) is 6.29 Å². The molecule has 17 heavy (non-hydrogen) atoms. The maximum atomic E-state index is 10.4. The number of carboxylic acid groups (broad SMARTS) is 1. The highest BCUT2D eigenvalue weighted by atomic mass is 16.5. The first kappa shape index (κ1) is 15.1. The van der Waals surface area contributed by atoms with Crippen LogP contribution in [0.5, 0.6) is 0 Å². The Morgan fingerprint density at radius 2 is 1.94 bits per heavy atom. The second kappa shape index (κ2) is 9.35. The van der Waals surface area contributed by atoms with Gasteiger partial charge >= 0.3 is 5.97 Å². The molecular weight excluding hydrogens is 222 g/mol. The number of carboxylic acids is 1. The number of aldehydes is 1. The summed E-state index contributed by atoms with van der Waals surface area (Å²) in [6, 6.07) is 6.20. The van der Waals surface area contributed by atoms with Crippen LogP contribution >= 0.6 is 0 Å². The number of hydrogen-bond donors (Lipinski definition) is 2. The summed E-state index contributed by atoms with van der Waals surface area (Å²) < 4.78 is 4.54. The van der Waals surface area contributed by atoms with Crippen LogP contribution in [0.2, 0.25) is 0 Å². The zero-order chi connectivity index (χ0) is 13.1. The molecule has 1 aromatic rings. The first-order valence-electron chi connectivity index (χ1n) is 5.15. The van der Waals surface area contributed by atoms with E-state index in [4.69, 9.17) is 5.11 Å². The van der Waals surface area contributed by atoms with Crippen LogP contribution in [0.1, 0.15) is 17.3 Å². The van der Waals surface area contributed by atoms with Crippen LogP contribution in [0.4, 0.5) is 5.69 Å². The first-order chi connectivity index (χ1) is 8.15. The van der Waals surface area contributed by atoms with E-state index in [2.05, 4.69) is 10.1 Å². The number of benzene rings is 1. The molecule has 1 aromatic carbocycles. The van der Waals surface area contributed by atoms with Crippen molar-refractivity contribution in [3.8, 4) is 0 Å². The minimum Gasteiger partial charge on any atom is -0.478 e. The van der Waals surface area contributed by atoms with Crippen molar-refractivity contribution in [1.29, 1.82) is 0 Å². The third-order valence-electron chi connectivity index (χ3n) is 1.81. The number of anilines is 1. The van der Waals surface area contributed by atoms with Crippen molar-refractivity contribution in [1.82, 2.24) is 0 Å². The average Bonchev–Trinajstić information content (AvgIpc) is 2.37. The van der Waals surface area contributed by atoms with Crippen LogP contribution in [-0.2, 0) is 9.53 Å². The minimum absolute atomic E-state index is 0.229. The Balaban J connectivity index is 0.000000557. The Kier molecular flexibility index (Phi) is 8.32. The van der Waals surface area contributed by atoms with Gasteiger partial charge in [-0.2, -0.15) is 0 Å². The Morgan fingerprint density at radius 3 is 2.29 bits per heavy atom. The molecule has 0 aliphatic rings. The van der Waals surface area contributed by atoms with Gasteiger partial charge in [0, 0.05) is 19.4 Å². The van der Waals surface area contributed by atoms with Crippen LogP contribution in [0.25, 0.3) is 0 Å². The van der Waals surface area contributed by atoms with Crippen LogP contribution in [-0.4, -0.2) is 37.6 Å². The van der Waals surface area contributed by atoms with Gasteiger partial charge in [0.05, 0.1) is 12.1 Å². The summed E-state index contributed by atoms with van der Waals surface area (Å²) in [5.41, 5.74) is 0.966. The predicted octanol–water partition coefficient (Wildman–Crippen LogP) is 1.65. The molecule has 1 rings (SSSR count). The highest BCUT2D eigenvalue weighted by Gasteiger charge is 2.00. The van der Waals surface area contributed by atoms with E-state index in [0.717, 1.165) is 18.6 Å². The number of nitrogens with one attached hydrogen (secondary N) is 1. The number of methoxy groups -OCH3 is 1. The van der Waals surface area contributed by atoms with E-state index >= 15 is 0 Å². The van der Waals surface area contributed by atoms with E-state index in [0.29, 0.717) is 0 Å². The zero-order valence-corrected chi connectivity index (χ0v) is 9.97. The maximum Gasteiger partial charge on any atom is 0.335 e. The van der Waals surface area contributed by atoms with Crippen molar-refractivity contribution >= 4 is 17.9 Å². The molecule has 94 valence electrons. The molecule has 0 heterocycles. The Labute approximate surface area is 100 Å². The number of carbonyl (C=O) groups excluding carboxylic acids is 1. The molecule has 5 heteroatoms. The van der Waals surface area contributed by atoms with Crippen molar-refractivity contribution in [3.63, 3.8) is 0 Å². The van der Waals surface area contributed by atoms with E-state index in [-0.39, 0.29) is 12.1 Å². The van der Waals surface area contributed by atoms with Gasteiger partial charge in [0.15, 0.2) is 0 Å². The lowest BCUT2D eigenvalue weighted by atomic mass is 10.2. The normalized spacial score (nSPS) is 8.82. The van der Waals surface area contributed by atoms with Crippen LogP contribution in [0.3, 0.4) is 0 Å². The summed E-state index contributed by atoms with van der Waals surface area (Å²) in [4.78, 5) is 20.4. The van der Waals surface area contributed by atoms with Crippen LogP contribution in [0.15, 0.2) is 24.3 Å². The maximum absolute atomic E-state index is 10.4. The van der Waals surface area contributed by atoms with Gasteiger partial charge in [0.25, 0.3) is 0 Å². The summed E-state index contributed by atoms with van der Waals surface area (Å²) in [7, 11) is 1.68. The van der Waals surface area contributed by atoms with Crippen molar-refractivity contribution < 1.29 is 19.4 Å². The molecule has 0 radical (unpaired) electrons. The highest BCUT2D eigenvalue weighted by molar-refractivity contribution is 5.88. The van der Waals surface area contributed by atoms with E-state index in [1.165, 1.54) is 12.1 Å². The monoisotopic (exact) mass is 239 g/mol. The molecule has 5 nitrogen and oxygen atoms in total. The Bertz CT molecular complexity index is 333. The van der Waals surface area contributed by atoms with Gasteiger partial charge in [0.2, 0.25) is 0 Å². The second-order valence-electron chi connectivity index (χ2n) is 3.01. The fourth-order valence-electron chi connectivity index (χ4n) is 0.890. The lowest BCUT2D eigenvalue weighted by Crippen LogP contribution is -2.02. The van der Waals surface area contributed by atoms with Crippen molar-refractivity contribution in [2.75, 3.05) is 25.6 Å². The molecule has 0 saturated heterocycles. The SMILES string of the molecule is CCOC.O=CCNc1ccc(C(=O)O)cc1. The summed E-state index contributed by atoms with van der Waals surface area (Å²) in [5, 5.41) is 11.4. The molecule has 0 atom stereocenters. The molecule has 0 amide bonds. The molecule has 2 N–H and O–H groups in total. The summed E-state index contributed by atoms with van der Waals surface area (Å²) in [6.45, 7) is 3.01. The Hall–Kier alpha value is -1.88. The number of aromatic carboxylic acids is 1. The van der Waals surface area contributed by atoms with E-state index in [1.54, 1.807) is 19.2 Å². The van der Waals surface area contributed by atoms with Crippen LogP contribution in [0, 0.1) is 0 Å². The zero-order valence-electron chi connectivity index (χ0n) is 9.97. The van der Waals surface area contributed by atoms with Gasteiger partial charge in [-0.3, -0.25) is 0 Å². The molecular formula is C12H17NO4. The topological polar surface area (TPSA) is 75.6 Å². The molecule has 0 unspecified atom stereocenters. The van der Waals surface area contributed by atoms with Crippen molar-refractivity contribution in [2.45, 2.75) is 6.92 Å². The minimum atomic E-state index is -0.957. The summed E-state index contributed by atoms with van der Waals surface area (Å²) in [6.07, 6.45) is 0.741. The largest absolute Gasteiger partial charge is 0.478 e. The standard InChI is InChI=1S/C9H9NO3.C3H8O/c11-6-5-10-8-3-1-7(2-4-8)9(12)13;1-3-4-2/h1-4,6,10H,5H2,(H,12,13);3H2,1-2H3. The quantitative estimate of drug-likeness (QED) is 0.764. The third kappa shape index (κ3) is 7.08. The molecule has 0 aliphatic carbocycles. The highest BCUT2D eigenvalue weighted by Crippen LogP contribution is 2.08. The average molecular weight is 239 g/mol. The number of rotatable bonds is 5. The van der Waals surface area contributed by atoms with Gasteiger partial charge in [-0.25, -0.2) is 4.79 Å². The fraction of sp³-hybridized carbons (Fsp3) is 0.333. The summed E-state index contributed by atoms with van der Waals surface area (Å²) >= 11 is 0. The van der Waals surface area contributed by atoms with E-state index in [1.807, 2.05) is 6.92 Å². The van der Waals surface area contributed by atoms with Crippen molar-refractivity contribution in [3.05, 3.63) is 29.8 Å². The lowest BCUT2D eigenvalue weighted by Gasteiger charge is -2.01. The first-order valence-corrected chi connectivity index (χ1v) is 5.15. The lowest BCUT2D eigenvalue weighted by molar-refractivity contribution is -0.106. The van der Waals surface area contributed by atoms with E-state index < -0.39 is 5.97 Å². The molecule has 0 fully saturated rings. The second-order valence-corrected chi connectivity index (χ2v) is 3.01. The molecule has 0 saturated carbocycles. The number of ether oxygens (including phenoxy) is 1. The smallest absolute Gasteiger partial charge is 0.335 e. The molecule has 0 aromatic heterocycles. The Morgan fingerprint density at radius 1 is 1.41 bits per heavy atom. The van der Waals surface area contributed by atoms with Gasteiger partial charge in [-0.1, -0.05) is 0 Å². The molecule has 0 spiro atoms. The van der Waals surface area contributed by atoms with Crippen LogP contribution < -0.4 is 5.32 Å². The predicted molar refractivity (Wildman–Crippen MR) is 65.5 cm³/mol. The van der Waals surface area contributed by atoms with Gasteiger partial charge in [-0.15, -0.1) is 0 Å². The molecule has 0 aliphatic heterocycles. The van der Waals surface area contributed by atoms with E-state index in [9.17, 15) is 9.59 Å². The van der Waals surface area contributed by atoms with Gasteiger partial charge < -0.3 is 20.0 Å². The molecule has 0 bridgehead atoms. The fourth-order valence-corrected chi connectivity index (χ4v) is 0.890.